The predicted octanol–water partition coefficient (Wildman–Crippen LogP) is 3.43. The van der Waals surface area contributed by atoms with E-state index in [1.165, 1.54) is 6.07 Å². The quantitative estimate of drug-likeness (QED) is 0.682. The van der Waals surface area contributed by atoms with Crippen LogP contribution in [0.25, 0.3) is 6.08 Å². The topological polar surface area (TPSA) is 73.2 Å². The molecule has 0 aromatic heterocycles. The molecule has 4 rings (SSSR count). The summed E-state index contributed by atoms with van der Waals surface area (Å²) in [5, 5.41) is 20.4. The van der Waals surface area contributed by atoms with E-state index in [0.717, 1.165) is 26.2 Å². The largest absolute Gasteiger partial charge is 0.507 e. The minimum atomic E-state index is -0.269. The number of nitrogens with zero attached hydrogens (tertiary/aromatic N) is 2. The standard InChI is InChI=1S/C22H22Cl2N2O4/c23-17-2-1-3-18(24)15(17)12-20-21(29)14-4-5-19(28)16(22(14)30-20)13-26-8-6-25(7-9-26)10-11-27/h1-5,12,27-28H,6-11,13H2/b20-12-. The van der Waals surface area contributed by atoms with Gasteiger partial charge in [-0.3, -0.25) is 14.6 Å². The first-order valence-electron chi connectivity index (χ1n) is 9.76. The number of aromatic hydroxyl groups is 1. The molecule has 2 aromatic rings. The highest BCUT2D eigenvalue weighted by atomic mass is 35.5. The molecule has 2 N–H and O–H groups in total. The van der Waals surface area contributed by atoms with E-state index in [-0.39, 0.29) is 23.9 Å². The van der Waals surface area contributed by atoms with E-state index in [0.29, 0.717) is 45.6 Å². The molecule has 1 fully saturated rings. The number of β-amino-alcohol motifs (C(OH)–C–C–N with tert-alkyl or cyclic N) is 1. The van der Waals surface area contributed by atoms with Crippen molar-refractivity contribution in [1.82, 2.24) is 9.80 Å². The molecular formula is C22H22Cl2N2O4. The van der Waals surface area contributed by atoms with Gasteiger partial charge in [-0.15, -0.1) is 0 Å². The summed E-state index contributed by atoms with van der Waals surface area (Å²) in [6, 6.07) is 8.23. The van der Waals surface area contributed by atoms with Gasteiger partial charge in [0.05, 0.1) is 17.7 Å². The van der Waals surface area contributed by atoms with Crippen molar-refractivity contribution in [2.45, 2.75) is 6.54 Å². The normalized spacial score (nSPS) is 18.6. The van der Waals surface area contributed by atoms with Crippen LogP contribution in [0.2, 0.25) is 10.0 Å². The van der Waals surface area contributed by atoms with Crippen LogP contribution in [-0.4, -0.2) is 65.1 Å². The Bertz CT molecular complexity index is 981. The fourth-order valence-corrected chi connectivity index (χ4v) is 4.27. The number of halogens is 2. The van der Waals surface area contributed by atoms with Gasteiger partial charge in [0.25, 0.3) is 0 Å². The summed E-state index contributed by atoms with van der Waals surface area (Å²) in [4.78, 5) is 17.3. The molecule has 2 heterocycles. The van der Waals surface area contributed by atoms with Crippen molar-refractivity contribution in [2.75, 3.05) is 39.3 Å². The maximum Gasteiger partial charge on any atom is 0.231 e. The average Bonchev–Trinajstić information content (AvgIpc) is 3.04. The van der Waals surface area contributed by atoms with Gasteiger partial charge in [0, 0.05) is 54.9 Å². The number of rotatable bonds is 5. The molecule has 30 heavy (non-hydrogen) atoms. The fraction of sp³-hybridized carbons (Fsp3) is 0.318. The van der Waals surface area contributed by atoms with Crippen LogP contribution in [0.15, 0.2) is 36.1 Å². The van der Waals surface area contributed by atoms with Crippen molar-refractivity contribution in [1.29, 1.82) is 0 Å². The van der Waals surface area contributed by atoms with Gasteiger partial charge in [0.2, 0.25) is 5.78 Å². The molecule has 0 bridgehead atoms. The first kappa shape index (κ1) is 21.2. The lowest BCUT2D eigenvalue weighted by molar-refractivity contribution is 0.101. The Morgan fingerprint density at radius 1 is 1.03 bits per heavy atom. The highest BCUT2D eigenvalue weighted by molar-refractivity contribution is 6.37. The smallest absolute Gasteiger partial charge is 0.231 e. The van der Waals surface area contributed by atoms with Crippen LogP contribution in [-0.2, 0) is 6.54 Å². The molecule has 6 nitrogen and oxygen atoms in total. The third-order valence-corrected chi connectivity index (χ3v) is 6.11. The second-order valence-corrected chi connectivity index (χ2v) is 8.17. The van der Waals surface area contributed by atoms with Crippen molar-refractivity contribution < 1.29 is 19.7 Å². The zero-order valence-corrected chi connectivity index (χ0v) is 17.8. The number of aliphatic hydroxyl groups excluding tert-OH is 1. The summed E-state index contributed by atoms with van der Waals surface area (Å²) in [5.41, 5.74) is 1.52. The lowest BCUT2D eigenvalue weighted by atomic mass is 10.0. The first-order valence-corrected chi connectivity index (χ1v) is 10.5. The van der Waals surface area contributed by atoms with Gasteiger partial charge in [0.15, 0.2) is 5.76 Å². The Labute approximate surface area is 184 Å². The number of piperazine rings is 1. The number of aliphatic hydroxyl groups is 1. The number of fused-ring (bicyclic) bond motifs is 1. The predicted molar refractivity (Wildman–Crippen MR) is 116 cm³/mol. The summed E-state index contributed by atoms with van der Waals surface area (Å²) >= 11 is 12.4. The average molecular weight is 449 g/mol. The minimum Gasteiger partial charge on any atom is -0.507 e. The molecule has 158 valence electrons. The summed E-state index contributed by atoms with van der Waals surface area (Å²) in [5.74, 6) is 0.332. The van der Waals surface area contributed by atoms with E-state index < -0.39 is 0 Å². The van der Waals surface area contributed by atoms with Gasteiger partial charge in [-0.1, -0.05) is 29.3 Å². The highest BCUT2D eigenvalue weighted by Crippen LogP contribution is 2.41. The summed E-state index contributed by atoms with van der Waals surface area (Å²) < 4.78 is 5.91. The second-order valence-electron chi connectivity index (χ2n) is 7.36. The molecule has 0 saturated carbocycles. The molecule has 0 radical (unpaired) electrons. The van der Waals surface area contributed by atoms with E-state index in [2.05, 4.69) is 9.80 Å². The molecule has 8 heteroatoms. The van der Waals surface area contributed by atoms with Crippen LogP contribution in [0.3, 0.4) is 0 Å². The number of phenolic OH excluding ortho intramolecular Hbond substituents is 1. The van der Waals surface area contributed by atoms with Crippen LogP contribution in [0, 0.1) is 0 Å². The first-order chi connectivity index (χ1) is 14.5. The molecule has 0 spiro atoms. The van der Waals surface area contributed by atoms with Crippen LogP contribution in [0.4, 0.5) is 0 Å². The van der Waals surface area contributed by atoms with Crippen molar-refractivity contribution in [2.24, 2.45) is 0 Å². The summed E-state index contributed by atoms with van der Waals surface area (Å²) in [7, 11) is 0. The number of benzene rings is 2. The SMILES string of the molecule is O=C1/C(=C/c2c(Cl)cccc2Cl)Oc2c1ccc(O)c2CN1CCN(CCO)CC1. The Morgan fingerprint density at radius 3 is 2.37 bits per heavy atom. The van der Waals surface area contributed by atoms with Gasteiger partial charge in [-0.05, 0) is 30.3 Å². The number of allylic oxidation sites excluding steroid dienone is 1. The number of hydrogen-bond acceptors (Lipinski definition) is 6. The van der Waals surface area contributed by atoms with Crippen LogP contribution in [0.5, 0.6) is 11.5 Å². The summed E-state index contributed by atoms with van der Waals surface area (Å²) in [6.07, 6.45) is 1.54. The van der Waals surface area contributed by atoms with Crippen LogP contribution in [0.1, 0.15) is 21.5 Å². The lowest BCUT2D eigenvalue weighted by Gasteiger charge is -2.34. The zero-order valence-electron chi connectivity index (χ0n) is 16.3. The minimum absolute atomic E-state index is 0.0939. The summed E-state index contributed by atoms with van der Waals surface area (Å²) in [6.45, 7) is 4.56. The monoisotopic (exact) mass is 448 g/mol. The van der Waals surface area contributed by atoms with Gasteiger partial charge in [-0.2, -0.15) is 0 Å². The maximum atomic E-state index is 12.9. The Morgan fingerprint density at radius 2 is 1.70 bits per heavy atom. The molecule has 0 aliphatic carbocycles. The van der Waals surface area contributed by atoms with E-state index in [1.54, 1.807) is 30.3 Å². The van der Waals surface area contributed by atoms with Crippen LogP contribution >= 0.6 is 23.2 Å². The molecule has 0 atom stereocenters. The second kappa shape index (κ2) is 8.96. The van der Waals surface area contributed by atoms with Crippen molar-refractivity contribution >= 4 is 35.1 Å². The molecular weight excluding hydrogens is 427 g/mol. The third kappa shape index (κ3) is 4.19. The fourth-order valence-electron chi connectivity index (χ4n) is 3.77. The molecule has 2 aliphatic heterocycles. The van der Waals surface area contributed by atoms with Crippen molar-refractivity contribution in [3.8, 4) is 11.5 Å². The molecule has 2 aromatic carbocycles. The van der Waals surface area contributed by atoms with Crippen molar-refractivity contribution in [3.05, 3.63) is 62.8 Å². The van der Waals surface area contributed by atoms with Gasteiger partial charge in [-0.25, -0.2) is 0 Å². The number of phenols is 1. The van der Waals surface area contributed by atoms with Gasteiger partial charge in [0.1, 0.15) is 11.5 Å². The Hall–Kier alpha value is -2.09. The maximum absolute atomic E-state index is 12.9. The Balaban J connectivity index is 1.58. The van der Waals surface area contributed by atoms with E-state index in [4.69, 9.17) is 33.0 Å². The highest BCUT2D eigenvalue weighted by Gasteiger charge is 2.32. The Kier molecular flexibility index (Phi) is 6.32. The number of ether oxygens (including phenoxy) is 1. The number of ketones is 1. The molecule has 0 unspecified atom stereocenters. The molecule has 0 amide bonds. The molecule has 2 aliphatic rings. The zero-order chi connectivity index (χ0) is 21.3. The van der Waals surface area contributed by atoms with Gasteiger partial charge >= 0.3 is 0 Å². The number of carbonyl (C=O) groups is 1. The van der Waals surface area contributed by atoms with Gasteiger partial charge < -0.3 is 14.9 Å². The third-order valence-electron chi connectivity index (χ3n) is 5.45. The van der Waals surface area contributed by atoms with Crippen LogP contribution < -0.4 is 4.74 Å². The van der Waals surface area contributed by atoms with E-state index in [9.17, 15) is 9.90 Å². The number of hydrogen-bond donors (Lipinski definition) is 2. The lowest BCUT2D eigenvalue weighted by Crippen LogP contribution is -2.46. The van der Waals surface area contributed by atoms with E-state index in [1.807, 2.05) is 0 Å². The number of carbonyl (C=O) groups excluding carboxylic acids is 1. The molecule has 1 saturated heterocycles. The number of Topliss-reactive ketones (excluding diaryl/α,β-unsaturated/α-hetero) is 1. The van der Waals surface area contributed by atoms with Crippen molar-refractivity contribution in [3.63, 3.8) is 0 Å². The van der Waals surface area contributed by atoms with E-state index >= 15 is 0 Å².